The Morgan fingerprint density at radius 1 is 1.28 bits per heavy atom. The fraction of sp³-hybridized carbons (Fsp3) is 0.571. The number of hydrogen-bond acceptors (Lipinski definition) is 6. The van der Waals surface area contributed by atoms with Gasteiger partial charge in [0.05, 0.1) is 23.7 Å². The lowest BCUT2D eigenvalue weighted by molar-refractivity contribution is -0.187. The Labute approximate surface area is 183 Å². The molecular weight excluding hydrogens is 427 g/mol. The van der Waals surface area contributed by atoms with Crippen molar-refractivity contribution in [1.29, 1.82) is 0 Å². The lowest BCUT2D eigenvalue weighted by Crippen LogP contribution is -2.57. The van der Waals surface area contributed by atoms with Gasteiger partial charge in [-0.15, -0.1) is 0 Å². The average Bonchev–Trinajstić information content (AvgIpc) is 3.06. The number of nitrogens with one attached hydrogen (secondary N) is 2. The monoisotopic (exact) mass is 453 g/mol. The lowest BCUT2D eigenvalue weighted by Gasteiger charge is -2.37. The number of aromatic nitrogens is 2. The Morgan fingerprint density at radius 3 is 2.84 bits per heavy atom. The number of fused-ring (bicyclic) bond motifs is 1. The predicted molar refractivity (Wildman–Crippen MR) is 110 cm³/mol. The van der Waals surface area contributed by atoms with Crippen molar-refractivity contribution in [2.24, 2.45) is 7.05 Å². The van der Waals surface area contributed by atoms with Crippen LogP contribution in [0.25, 0.3) is 10.9 Å². The molecule has 2 fully saturated rings. The second-order valence-corrected chi connectivity index (χ2v) is 8.19. The second-order valence-electron chi connectivity index (χ2n) is 8.19. The molecule has 32 heavy (non-hydrogen) atoms. The molecule has 1 aromatic heterocycles. The van der Waals surface area contributed by atoms with E-state index in [4.69, 9.17) is 4.74 Å². The first-order valence-corrected chi connectivity index (χ1v) is 10.7. The highest BCUT2D eigenvalue weighted by Crippen LogP contribution is 2.32. The summed E-state index contributed by atoms with van der Waals surface area (Å²) in [6, 6.07) is 3.93. The van der Waals surface area contributed by atoms with Gasteiger partial charge < -0.3 is 10.1 Å². The molecule has 174 valence electrons. The van der Waals surface area contributed by atoms with E-state index >= 15 is 0 Å². The van der Waals surface area contributed by atoms with E-state index in [0.29, 0.717) is 43.9 Å². The second kappa shape index (κ2) is 9.07. The van der Waals surface area contributed by atoms with Gasteiger partial charge in [-0.2, -0.15) is 18.3 Å². The normalized spacial score (nSPS) is 22.9. The summed E-state index contributed by atoms with van der Waals surface area (Å²) >= 11 is 0. The van der Waals surface area contributed by atoms with Gasteiger partial charge in [-0.25, -0.2) is 0 Å². The van der Waals surface area contributed by atoms with E-state index in [0.717, 1.165) is 10.9 Å². The zero-order valence-electron chi connectivity index (χ0n) is 17.7. The van der Waals surface area contributed by atoms with Crippen molar-refractivity contribution >= 4 is 22.7 Å². The molecule has 0 aliphatic carbocycles. The first-order chi connectivity index (χ1) is 15.2. The first-order valence-electron chi connectivity index (χ1n) is 10.7. The molecule has 0 radical (unpaired) electrons. The van der Waals surface area contributed by atoms with Gasteiger partial charge in [0.2, 0.25) is 11.8 Å². The van der Waals surface area contributed by atoms with Crippen LogP contribution in [-0.2, 0) is 16.6 Å². The summed E-state index contributed by atoms with van der Waals surface area (Å²) < 4.78 is 47.0. The van der Waals surface area contributed by atoms with Crippen LogP contribution in [0.2, 0.25) is 0 Å². The van der Waals surface area contributed by atoms with Gasteiger partial charge in [0.15, 0.2) is 0 Å². The highest BCUT2D eigenvalue weighted by atomic mass is 19.4. The van der Waals surface area contributed by atoms with Gasteiger partial charge in [0, 0.05) is 51.1 Å². The van der Waals surface area contributed by atoms with E-state index in [1.165, 1.54) is 4.90 Å². The molecule has 2 unspecified atom stereocenters. The van der Waals surface area contributed by atoms with Crippen molar-refractivity contribution in [2.45, 2.75) is 37.4 Å². The Bertz CT molecular complexity index is 1010. The van der Waals surface area contributed by atoms with Gasteiger partial charge in [0.25, 0.3) is 0 Å². The third-order valence-electron chi connectivity index (χ3n) is 6.01. The number of alkyl halides is 3. The van der Waals surface area contributed by atoms with Crippen LogP contribution in [0.15, 0.2) is 18.2 Å². The zero-order chi connectivity index (χ0) is 22.9. The van der Waals surface area contributed by atoms with Gasteiger partial charge in [-0.3, -0.25) is 24.5 Å². The molecule has 3 heterocycles. The summed E-state index contributed by atoms with van der Waals surface area (Å²) in [5, 5.41) is 10.5. The van der Waals surface area contributed by atoms with Crippen molar-refractivity contribution in [3.8, 4) is 5.75 Å². The van der Waals surface area contributed by atoms with E-state index in [1.54, 1.807) is 23.9 Å². The molecule has 0 saturated carbocycles. The molecule has 2 saturated heterocycles. The maximum absolute atomic E-state index is 13.2. The molecule has 0 bridgehead atoms. The molecule has 1 aromatic carbocycles. The Hall–Kier alpha value is -2.66. The Kier molecular flexibility index (Phi) is 6.38. The summed E-state index contributed by atoms with van der Waals surface area (Å²) in [5.74, 6) is -0.511. The molecular formula is C21H26F3N5O3. The molecule has 0 spiro atoms. The van der Waals surface area contributed by atoms with Crippen molar-refractivity contribution in [3.63, 3.8) is 0 Å². The summed E-state index contributed by atoms with van der Waals surface area (Å²) in [7, 11) is 1.77. The van der Waals surface area contributed by atoms with Crippen LogP contribution in [0.1, 0.15) is 30.9 Å². The number of piperazine rings is 1. The number of ether oxygens (including phenoxy) is 1. The van der Waals surface area contributed by atoms with Crippen LogP contribution in [0.5, 0.6) is 5.75 Å². The minimum atomic E-state index is -4.25. The van der Waals surface area contributed by atoms with E-state index in [1.807, 2.05) is 6.07 Å². The number of piperidine rings is 1. The minimum Gasteiger partial charge on any atom is -0.493 e. The molecule has 4 rings (SSSR count). The van der Waals surface area contributed by atoms with Crippen molar-refractivity contribution in [1.82, 2.24) is 25.3 Å². The predicted octanol–water partition coefficient (Wildman–Crippen LogP) is 1.70. The Balaban J connectivity index is 1.38. The summed E-state index contributed by atoms with van der Waals surface area (Å²) in [6.45, 7) is 1.41. The highest BCUT2D eigenvalue weighted by Gasteiger charge is 2.44. The first kappa shape index (κ1) is 22.5. The quantitative estimate of drug-likeness (QED) is 0.511. The van der Waals surface area contributed by atoms with Crippen LogP contribution < -0.4 is 15.4 Å². The molecule has 8 nitrogen and oxygen atoms in total. The number of imide groups is 1. The number of aryl methyl sites for hydroxylation is 1. The zero-order valence-corrected chi connectivity index (χ0v) is 17.7. The Morgan fingerprint density at radius 2 is 2.09 bits per heavy atom. The minimum absolute atomic E-state index is 0.0863. The largest absolute Gasteiger partial charge is 0.493 e. The van der Waals surface area contributed by atoms with Crippen LogP contribution in [0.3, 0.4) is 0 Å². The maximum Gasteiger partial charge on any atom is 0.405 e. The van der Waals surface area contributed by atoms with Crippen LogP contribution >= 0.6 is 0 Å². The number of amides is 2. The van der Waals surface area contributed by atoms with E-state index < -0.39 is 18.1 Å². The fourth-order valence-electron chi connectivity index (χ4n) is 4.36. The molecule has 2 amide bonds. The van der Waals surface area contributed by atoms with Gasteiger partial charge in [-0.05, 0) is 25.0 Å². The van der Waals surface area contributed by atoms with E-state index in [-0.39, 0.29) is 31.4 Å². The SMILES string of the molecule is Cn1nc(C2CCC(=O)NC2=O)c2ccc(OCCCN3CCNCC3C(F)(F)F)cc21. The topological polar surface area (TPSA) is 88.5 Å². The fourth-order valence-corrected chi connectivity index (χ4v) is 4.36. The number of nitrogens with zero attached hydrogens (tertiary/aromatic N) is 3. The molecule has 2 aromatic rings. The van der Waals surface area contributed by atoms with Crippen molar-refractivity contribution in [2.75, 3.05) is 32.8 Å². The molecule has 2 aliphatic rings. The number of benzene rings is 1. The lowest BCUT2D eigenvalue weighted by atomic mass is 9.93. The molecule has 2 atom stereocenters. The number of halogens is 3. The maximum atomic E-state index is 13.2. The van der Waals surface area contributed by atoms with E-state index in [2.05, 4.69) is 15.7 Å². The van der Waals surface area contributed by atoms with Crippen LogP contribution in [0.4, 0.5) is 13.2 Å². The third kappa shape index (κ3) is 4.73. The van der Waals surface area contributed by atoms with Gasteiger partial charge in [-0.1, -0.05) is 0 Å². The molecule has 11 heteroatoms. The van der Waals surface area contributed by atoms with Crippen molar-refractivity contribution in [3.05, 3.63) is 23.9 Å². The molecule has 2 N–H and O–H groups in total. The average molecular weight is 453 g/mol. The number of rotatable bonds is 6. The standard InChI is InChI=1S/C21H26F3N5O3/c1-28-16-11-13(32-10-2-8-29-9-7-25-12-17(29)21(22,23)24)3-4-14(16)19(27-28)15-5-6-18(30)26-20(15)31/h3-4,11,15,17,25H,2,5-10,12H2,1H3,(H,26,30,31). The smallest absolute Gasteiger partial charge is 0.405 e. The summed E-state index contributed by atoms with van der Waals surface area (Å²) in [5.41, 5.74) is 1.40. The summed E-state index contributed by atoms with van der Waals surface area (Å²) in [6.07, 6.45) is -3.09. The van der Waals surface area contributed by atoms with Gasteiger partial charge >= 0.3 is 6.18 Å². The summed E-state index contributed by atoms with van der Waals surface area (Å²) in [4.78, 5) is 25.1. The van der Waals surface area contributed by atoms with Crippen molar-refractivity contribution < 1.29 is 27.5 Å². The van der Waals surface area contributed by atoms with E-state index in [9.17, 15) is 22.8 Å². The molecule has 2 aliphatic heterocycles. The van der Waals surface area contributed by atoms with Crippen LogP contribution in [0, 0.1) is 0 Å². The number of hydrogen-bond donors (Lipinski definition) is 2. The van der Waals surface area contributed by atoms with Crippen LogP contribution in [-0.4, -0.2) is 71.5 Å². The third-order valence-corrected chi connectivity index (χ3v) is 6.01. The number of carbonyl (C=O) groups is 2. The highest BCUT2D eigenvalue weighted by molar-refractivity contribution is 6.02. The number of carbonyl (C=O) groups excluding carboxylic acids is 2. The van der Waals surface area contributed by atoms with Gasteiger partial charge in [0.1, 0.15) is 11.8 Å².